The third kappa shape index (κ3) is 2.98. The molecule has 8 heteroatoms. The van der Waals surface area contributed by atoms with Crippen molar-refractivity contribution in [3.63, 3.8) is 0 Å². The van der Waals surface area contributed by atoms with E-state index in [2.05, 4.69) is 21.8 Å². The van der Waals surface area contributed by atoms with Crippen molar-refractivity contribution in [1.29, 1.82) is 0 Å². The van der Waals surface area contributed by atoms with Gasteiger partial charge in [-0.1, -0.05) is 13.3 Å². The number of hydrogen-bond acceptors (Lipinski definition) is 7. The van der Waals surface area contributed by atoms with Gasteiger partial charge in [0.05, 0.1) is 34.3 Å². The van der Waals surface area contributed by atoms with E-state index in [0.717, 1.165) is 58.6 Å². The van der Waals surface area contributed by atoms with Gasteiger partial charge in [0.1, 0.15) is 11.3 Å². The van der Waals surface area contributed by atoms with Crippen LogP contribution in [0.15, 0.2) is 22.6 Å². The van der Waals surface area contributed by atoms with Gasteiger partial charge in [-0.05, 0) is 23.3 Å². The van der Waals surface area contributed by atoms with Gasteiger partial charge in [0.2, 0.25) is 0 Å². The molecule has 25 heavy (non-hydrogen) atoms. The standard InChI is InChI=1S/C17H21N5OS2/c1-2-3-4-12-21-14-15(16-11(5-6-24-16)20-17(14)18)22(12)7-13-19-10(8-23)9-25-13/h5-6,9,13,19,23H,2-4,7-8H2,1H3,(H2,18,20). The van der Waals surface area contributed by atoms with Crippen molar-refractivity contribution in [3.8, 4) is 0 Å². The average molecular weight is 376 g/mol. The second kappa shape index (κ2) is 6.86. The number of nitrogens with one attached hydrogen (secondary N) is 1. The maximum absolute atomic E-state index is 9.32. The summed E-state index contributed by atoms with van der Waals surface area (Å²) >= 11 is 3.38. The zero-order valence-corrected chi connectivity index (χ0v) is 15.7. The fraction of sp³-hybridized carbons (Fsp3) is 0.412. The fourth-order valence-corrected chi connectivity index (χ4v) is 4.97. The first-order chi connectivity index (χ1) is 12.2. The normalized spacial score (nSPS) is 17.4. The molecule has 1 aliphatic rings. The van der Waals surface area contributed by atoms with Crippen molar-refractivity contribution in [2.75, 3.05) is 12.3 Å². The second-order valence-corrected chi connectivity index (χ2v) is 8.13. The molecule has 0 spiro atoms. The first-order valence-corrected chi connectivity index (χ1v) is 10.3. The molecule has 6 nitrogen and oxygen atoms in total. The molecule has 1 unspecified atom stereocenters. The molecular formula is C17H21N5OS2. The summed E-state index contributed by atoms with van der Waals surface area (Å²) in [4.78, 5) is 9.34. The van der Waals surface area contributed by atoms with E-state index in [4.69, 9.17) is 10.7 Å². The number of rotatable bonds is 6. The number of aryl methyl sites for hydroxylation is 1. The molecule has 0 fully saturated rings. The van der Waals surface area contributed by atoms with Crippen molar-refractivity contribution in [2.45, 2.75) is 38.1 Å². The number of thioether (sulfide) groups is 1. The summed E-state index contributed by atoms with van der Waals surface area (Å²) in [6.07, 6.45) is 3.14. The van der Waals surface area contributed by atoms with Gasteiger partial charge in [0.15, 0.2) is 5.82 Å². The summed E-state index contributed by atoms with van der Waals surface area (Å²) < 4.78 is 3.43. The van der Waals surface area contributed by atoms with Crippen molar-refractivity contribution in [3.05, 3.63) is 28.4 Å². The smallest absolute Gasteiger partial charge is 0.152 e. The number of nitrogens with zero attached hydrogens (tertiary/aromatic N) is 3. The fourth-order valence-electron chi connectivity index (χ4n) is 3.16. The Kier molecular flexibility index (Phi) is 4.58. The number of pyridine rings is 1. The maximum Gasteiger partial charge on any atom is 0.152 e. The zero-order valence-electron chi connectivity index (χ0n) is 14.0. The Bertz CT molecular complexity index is 945. The summed E-state index contributed by atoms with van der Waals surface area (Å²) in [5.74, 6) is 1.56. The van der Waals surface area contributed by atoms with E-state index in [1.807, 2.05) is 16.9 Å². The highest BCUT2D eigenvalue weighted by Gasteiger charge is 2.22. The quantitative estimate of drug-likeness (QED) is 0.614. The summed E-state index contributed by atoms with van der Waals surface area (Å²) in [5.41, 5.74) is 9.89. The molecule has 0 bridgehead atoms. The van der Waals surface area contributed by atoms with E-state index in [1.165, 1.54) is 0 Å². The van der Waals surface area contributed by atoms with Gasteiger partial charge in [-0.25, -0.2) is 9.97 Å². The Morgan fingerprint density at radius 3 is 3.04 bits per heavy atom. The molecule has 132 valence electrons. The van der Waals surface area contributed by atoms with Crippen molar-refractivity contribution >= 4 is 50.2 Å². The van der Waals surface area contributed by atoms with Crippen LogP contribution in [-0.2, 0) is 13.0 Å². The SMILES string of the molecule is CCCCc1nc2c(N)nc3ccsc3c2n1CC1NC(CO)=CS1. The minimum atomic E-state index is 0.0445. The first-order valence-electron chi connectivity index (χ1n) is 8.45. The van der Waals surface area contributed by atoms with Crippen molar-refractivity contribution in [2.24, 2.45) is 0 Å². The number of unbranched alkanes of at least 4 members (excludes halogenated alkanes) is 1. The predicted octanol–water partition coefficient (Wildman–Crippen LogP) is 3.07. The third-order valence-electron chi connectivity index (χ3n) is 4.38. The predicted molar refractivity (Wildman–Crippen MR) is 106 cm³/mol. The average Bonchev–Trinajstić information content (AvgIpc) is 3.32. The maximum atomic E-state index is 9.32. The van der Waals surface area contributed by atoms with Crippen LogP contribution < -0.4 is 11.1 Å². The molecule has 3 aromatic rings. The lowest BCUT2D eigenvalue weighted by molar-refractivity contribution is 0.321. The zero-order chi connectivity index (χ0) is 17.4. The summed E-state index contributed by atoms with van der Waals surface area (Å²) in [7, 11) is 0. The van der Waals surface area contributed by atoms with E-state index >= 15 is 0 Å². The lowest BCUT2D eigenvalue weighted by Gasteiger charge is -2.16. The number of aliphatic hydroxyl groups excluding tert-OH is 1. The van der Waals surface area contributed by atoms with Gasteiger partial charge in [-0.3, -0.25) is 0 Å². The van der Waals surface area contributed by atoms with Crippen LogP contribution >= 0.6 is 23.1 Å². The first kappa shape index (κ1) is 16.7. The van der Waals surface area contributed by atoms with Gasteiger partial charge in [-0.15, -0.1) is 23.1 Å². The lowest BCUT2D eigenvalue weighted by atomic mass is 10.2. The second-order valence-electron chi connectivity index (χ2n) is 6.14. The molecule has 0 saturated carbocycles. The lowest BCUT2D eigenvalue weighted by Crippen LogP contribution is -2.27. The van der Waals surface area contributed by atoms with Crippen LogP contribution in [0.1, 0.15) is 25.6 Å². The number of nitrogens with two attached hydrogens (primary N) is 1. The number of nitrogen functional groups attached to an aromatic ring is 1. The monoisotopic (exact) mass is 375 g/mol. The topological polar surface area (TPSA) is 89.0 Å². The van der Waals surface area contributed by atoms with Crippen LogP contribution in [0.3, 0.4) is 0 Å². The van der Waals surface area contributed by atoms with Gasteiger partial charge >= 0.3 is 0 Å². The number of aliphatic hydroxyl groups is 1. The molecule has 0 radical (unpaired) electrons. The molecule has 0 saturated heterocycles. The van der Waals surface area contributed by atoms with Crippen LogP contribution in [0.2, 0.25) is 0 Å². The molecule has 4 heterocycles. The van der Waals surface area contributed by atoms with E-state index < -0.39 is 0 Å². The highest BCUT2D eigenvalue weighted by Crippen LogP contribution is 2.34. The number of hydrogen-bond donors (Lipinski definition) is 3. The van der Waals surface area contributed by atoms with Crippen molar-refractivity contribution < 1.29 is 5.11 Å². The van der Waals surface area contributed by atoms with Crippen LogP contribution in [0.25, 0.3) is 21.3 Å². The number of fused-ring (bicyclic) bond motifs is 3. The Labute approximate surface area is 154 Å². The van der Waals surface area contributed by atoms with Gasteiger partial charge < -0.3 is 20.7 Å². The number of thiophene rings is 1. The molecular weight excluding hydrogens is 354 g/mol. The summed E-state index contributed by atoms with van der Waals surface area (Å²) in [5, 5.41) is 16.9. The molecule has 0 amide bonds. The Hall–Kier alpha value is -1.77. The van der Waals surface area contributed by atoms with Crippen LogP contribution in [0.4, 0.5) is 5.82 Å². The Balaban J connectivity index is 1.81. The molecule has 4 N–H and O–H groups in total. The van der Waals surface area contributed by atoms with Gasteiger partial charge in [-0.2, -0.15) is 0 Å². The van der Waals surface area contributed by atoms with Gasteiger partial charge in [0.25, 0.3) is 0 Å². The van der Waals surface area contributed by atoms with Crippen molar-refractivity contribution in [1.82, 2.24) is 19.9 Å². The van der Waals surface area contributed by atoms with Gasteiger partial charge in [0, 0.05) is 12.1 Å². The highest BCUT2D eigenvalue weighted by atomic mass is 32.2. The molecule has 0 aromatic carbocycles. The van der Waals surface area contributed by atoms with E-state index in [1.54, 1.807) is 23.1 Å². The highest BCUT2D eigenvalue weighted by molar-refractivity contribution is 8.02. The van der Waals surface area contributed by atoms with Crippen LogP contribution in [0, 0.1) is 0 Å². The Morgan fingerprint density at radius 2 is 2.28 bits per heavy atom. The summed E-state index contributed by atoms with van der Waals surface area (Å²) in [6.45, 7) is 3.01. The molecule has 0 aliphatic carbocycles. The minimum Gasteiger partial charge on any atom is -0.390 e. The largest absolute Gasteiger partial charge is 0.390 e. The Morgan fingerprint density at radius 1 is 1.40 bits per heavy atom. The molecule has 1 atom stereocenters. The third-order valence-corrected chi connectivity index (χ3v) is 6.31. The minimum absolute atomic E-state index is 0.0445. The summed E-state index contributed by atoms with van der Waals surface area (Å²) in [6, 6.07) is 2.01. The number of aromatic nitrogens is 3. The van der Waals surface area contributed by atoms with Crippen LogP contribution in [-0.4, -0.2) is 31.6 Å². The number of imidazole rings is 1. The van der Waals surface area contributed by atoms with Crippen LogP contribution in [0.5, 0.6) is 0 Å². The van der Waals surface area contributed by atoms with E-state index in [-0.39, 0.29) is 12.0 Å². The molecule has 4 rings (SSSR count). The molecule has 1 aliphatic heterocycles. The number of anilines is 1. The van der Waals surface area contributed by atoms with E-state index in [0.29, 0.717) is 5.82 Å². The molecule has 3 aromatic heterocycles. The van der Waals surface area contributed by atoms with E-state index in [9.17, 15) is 5.11 Å².